The molecule has 8 aromatic rings. The van der Waals surface area contributed by atoms with Crippen molar-refractivity contribution in [3.63, 3.8) is 0 Å². The Morgan fingerprint density at radius 2 is 0.941 bits per heavy atom. The Kier molecular flexibility index (Phi) is 4.22. The van der Waals surface area contributed by atoms with E-state index >= 15 is 8.78 Å². The summed E-state index contributed by atoms with van der Waals surface area (Å²) in [4.78, 5) is 3.37. The summed E-state index contributed by atoms with van der Waals surface area (Å²) >= 11 is 9.61. The lowest BCUT2D eigenvalue weighted by atomic mass is 10.1. The van der Waals surface area contributed by atoms with Crippen LogP contribution in [-0.2, 0) is 0 Å². The molecule has 6 heterocycles. The number of hydrogen-bond acceptors (Lipinski definition) is 6. The van der Waals surface area contributed by atoms with Gasteiger partial charge in [-0.05, 0) is 47.2 Å². The number of rotatable bonds is 2. The molecule has 0 amide bonds. The molecule has 0 fully saturated rings. The lowest BCUT2D eigenvalue weighted by Gasteiger charge is -1.94. The predicted molar refractivity (Wildman–Crippen MR) is 152 cm³/mol. The van der Waals surface area contributed by atoms with Crippen LogP contribution in [-0.4, -0.2) is 0 Å². The van der Waals surface area contributed by atoms with Gasteiger partial charge in [-0.1, -0.05) is 12.1 Å². The Labute approximate surface area is 215 Å². The molecule has 164 valence electrons. The molecule has 0 saturated carbocycles. The Bertz CT molecular complexity index is 1880. The Morgan fingerprint density at radius 1 is 0.500 bits per heavy atom. The summed E-state index contributed by atoms with van der Waals surface area (Å²) in [6, 6.07) is 16.1. The zero-order chi connectivity index (χ0) is 22.6. The molecule has 2 aromatic carbocycles. The summed E-state index contributed by atoms with van der Waals surface area (Å²) in [6.45, 7) is 0. The van der Waals surface area contributed by atoms with E-state index in [4.69, 9.17) is 0 Å². The zero-order valence-corrected chi connectivity index (χ0v) is 21.9. The molecule has 0 nitrogen and oxygen atoms in total. The third-order valence-corrected chi connectivity index (χ3v) is 12.9. The summed E-state index contributed by atoms with van der Waals surface area (Å²) in [5.74, 6) is -0.262. The first-order valence-corrected chi connectivity index (χ1v) is 15.4. The largest absolute Gasteiger partial charge is 0.205 e. The van der Waals surface area contributed by atoms with Crippen LogP contribution >= 0.6 is 68.0 Å². The molecule has 0 bridgehead atoms. The third kappa shape index (κ3) is 2.69. The Morgan fingerprint density at radius 3 is 1.35 bits per heavy atom. The minimum atomic E-state index is -0.131. The fourth-order valence-corrected chi connectivity index (χ4v) is 11.2. The van der Waals surface area contributed by atoms with Crippen molar-refractivity contribution < 1.29 is 8.78 Å². The number of benzene rings is 2. The van der Waals surface area contributed by atoms with E-state index in [2.05, 4.69) is 12.1 Å². The topological polar surface area (TPSA) is 0 Å². The lowest BCUT2D eigenvalue weighted by molar-refractivity contribution is 0.647. The van der Waals surface area contributed by atoms with E-state index < -0.39 is 0 Å². The normalized spacial score (nSPS) is 12.4. The molecule has 6 aromatic heterocycles. The number of thiophene rings is 6. The van der Waals surface area contributed by atoms with Crippen LogP contribution in [0.2, 0.25) is 0 Å². The second kappa shape index (κ2) is 7.16. The first kappa shape index (κ1) is 20.0. The summed E-state index contributed by atoms with van der Waals surface area (Å²) < 4.78 is 37.3. The molecule has 8 heteroatoms. The maximum absolute atomic E-state index is 15.4. The molecule has 8 rings (SSSR count). The monoisotopic (exact) mass is 552 g/mol. The summed E-state index contributed by atoms with van der Waals surface area (Å²) in [5.41, 5.74) is 0. The zero-order valence-electron chi connectivity index (χ0n) is 17.0. The molecule has 0 aliphatic rings. The SMILES string of the molecule is Fc1c(-c2cccs2)sc2cc3sc4c5cc6c(F)c(-c7cccs7)sc6cc5sc4c3cc12. The molecular formula is C26H10F2S6. The minimum absolute atomic E-state index is 0.131. The van der Waals surface area contributed by atoms with Gasteiger partial charge in [-0.2, -0.15) is 0 Å². The van der Waals surface area contributed by atoms with Crippen molar-refractivity contribution in [3.8, 4) is 19.5 Å². The standard InChI is InChI=1S/C26H10F2S6/c27-21-11-7-13-19(9-17(11)33-25(21)15-3-1-5-29-15)31-24-14-8-12-18(10-20(14)32-23(13)24)34-26(22(12)28)16-4-2-6-30-16/h1-10H. The van der Waals surface area contributed by atoms with E-state index in [0.717, 1.165) is 48.7 Å². The Hall–Kier alpha value is -2.20. The van der Waals surface area contributed by atoms with Gasteiger partial charge in [-0.25, -0.2) is 8.78 Å². The van der Waals surface area contributed by atoms with Gasteiger partial charge < -0.3 is 0 Å². The van der Waals surface area contributed by atoms with Crippen LogP contribution in [0.1, 0.15) is 0 Å². The molecule has 0 aliphatic carbocycles. The number of fused-ring (bicyclic) bond motifs is 7. The first-order chi connectivity index (χ1) is 16.7. The van der Waals surface area contributed by atoms with Gasteiger partial charge in [-0.3, -0.25) is 0 Å². The van der Waals surface area contributed by atoms with E-state index in [-0.39, 0.29) is 11.6 Å². The fraction of sp³-hybridized carbons (Fsp3) is 0. The quantitative estimate of drug-likeness (QED) is 0.200. The van der Waals surface area contributed by atoms with Crippen molar-refractivity contribution in [2.24, 2.45) is 0 Å². The predicted octanol–water partition coefficient (Wildman–Crippen LogP) is 11.4. The van der Waals surface area contributed by atoms with Gasteiger partial charge in [0.15, 0.2) is 0 Å². The van der Waals surface area contributed by atoms with Gasteiger partial charge in [0.05, 0.1) is 19.2 Å². The van der Waals surface area contributed by atoms with Gasteiger partial charge in [0.2, 0.25) is 0 Å². The van der Waals surface area contributed by atoms with E-state index in [9.17, 15) is 0 Å². The molecule has 0 N–H and O–H groups in total. The second-order valence-corrected chi connectivity index (χ2v) is 14.1. The summed E-state index contributed by atoms with van der Waals surface area (Å²) in [6.07, 6.45) is 0. The highest BCUT2D eigenvalue weighted by atomic mass is 32.1. The highest BCUT2D eigenvalue weighted by Gasteiger charge is 2.21. The van der Waals surface area contributed by atoms with Crippen LogP contribution in [0, 0.1) is 11.6 Å². The van der Waals surface area contributed by atoms with E-state index in [1.807, 2.05) is 47.2 Å². The molecule has 34 heavy (non-hydrogen) atoms. The lowest BCUT2D eigenvalue weighted by Crippen LogP contribution is -1.73. The maximum atomic E-state index is 15.4. The van der Waals surface area contributed by atoms with Crippen LogP contribution in [0.3, 0.4) is 0 Å². The maximum Gasteiger partial charge on any atom is 0.150 e. The molecule has 0 atom stereocenters. The van der Waals surface area contributed by atoms with Gasteiger partial charge in [0, 0.05) is 50.1 Å². The van der Waals surface area contributed by atoms with Gasteiger partial charge in [0.1, 0.15) is 11.6 Å². The minimum Gasteiger partial charge on any atom is -0.205 e. The van der Waals surface area contributed by atoms with Gasteiger partial charge in [-0.15, -0.1) is 68.0 Å². The van der Waals surface area contributed by atoms with Crippen LogP contribution < -0.4 is 0 Å². The average Bonchev–Trinajstić information content (AvgIpc) is 3.66. The highest BCUT2D eigenvalue weighted by molar-refractivity contribution is 7.37. The van der Waals surface area contributed by atoms with Crippen molar-refractivity contribution in [1.29, 1.82) is 0 Å². The molecule has 0 spiro atoms. The van der Waals surface area contributed by atoms with E-state index in [1.165, 1.54) is 22.7 Å². The molecule has 0 radical (unpaired) electrons. The number of hydrogen-bond donors (Lipinski definition) is 0. The van der Waals surface area contributed by atoms with Crippen LogP contribution in [0.15, 0.2) is 59.3 Å². The van der Waals surface area contributed by atoms with Crippen molar-refractivity contribution in [2.45, 2.75) is 0 Å². The molecule has 0 aliphatic heterocycles. The van der Waals surface area contributed by atoms with Crippen molar-refractivity contribution in [2.75, 3.05) is 0 Å². The van der Waals surface area contributed by atoms with Gasteiger partial charge >= 0.3 is 0 Å². The van der Waals surface area contributed by atoms with Crippen LogP contribution in [0.4, 0.5) is 8.78 Å². The van der Waals surface area contributed by atoms with E-state index in [0.29, 0.717) is 20.5 Å². The average molecular weight is 553 g/mol. The van der Waals surface area contributed by atoms with E-state index in [1.54, 1.807) is 45.3 Å². The first-order valence-electron chi connectivity index (χ1n) is 10.4. The highest BCUT2D eigenvalue weighted by Crippen LogP contribution is 2.50. The van der Waals surface area contributed by atoms with Gasteiger partial charge in [0.25, 0.3) is 0 Å². The smallest absolute Gasteiger partial charge is 0.150 e. The number of halogens is 2. The fourth-order valence-electron chi connectivity index (χ4n) is 4.51. The molecule has 0 saturated heterocycles. The molecule has 0 unspecified atom stereocenters. The summed E-state index contributed by atoms with van der Waals surface area (Å²) in [5, 5.41) is 7.51. The summed E-state index contributed by atoms with van der Waals surface area (Å²) in [7, 11) is 0. The molecular weight excluding hydrogens is 543 g/mol. The van der Waals surface area contributed by atoms with Crippen LogP contribution in [0.5, 0.6) is 0 Å². The van der Waals surface area contributed by atoms with Crippen molar-refractivity contribution in [1.82, 2.24) is 0 Å². The van der Waals surface area contributed by atoms with Crippen LogP contribution in [0.25, 0.3) is 69.3 Å². The second-order valence-electron chi connectivity index (χ2n) is 8.00. The third-order valence-electron chi connectivity index (χ3n) is 6.07. The Balaban J connectivity index is 1.38. The van der Waals surface area contributed by atoms with Crippen molar-refractivity contribution in [3.05, 3.63) is 70.9 Å². The van der Waals surface area contributed by atoms with Crippen molar-refractivity contribution >= 4 is 118 Å².